The zero-order valence-corrected chi connectivity index (χ0v) is 12.7. The fourth-order valence-corrected chi connectivity index (χ4v) is 3.27. The van der Waals surface area contributed by atoms with Gasteiger partial charge in [-0.3, -0.25) is 4.79 Å². The number of nitrogens with one attached hydrogen (secondary N) is 1. The molecule has 1 aromatic heterocycles. The number of rotatable bonds is 3. The number of anilines is 1. The molecule has 1 aliphatic heterocycles. The number of para-hydroxylation sites is 1. The first kappa shape index (κ1) is 14.0. The summed E-state index contributed by atoms with van der Waals surface area (Å²) >= 11 is 0. The molecule has 4 rings (SSSR count). The summed E-state index contributed by atoms with van der Waals surface area (Å²) in [6, 6.07) is 15.9. The molecular formula is C19H18N2O2. The maximum Gasteiger partial charge on any atom is 0.253 e. The highest BCUT2D eigenvalue weighted by Gasteiger charge is 2.20. The van der Waals surface area contributed by atoms with Gasteiger partial charge < -0.3 is 15.0 Å². The molecule has 0 aliphatic carbocycles. The molecule has 0 saturated carbocycles. The van der Waals surface area contributed by atoms with Gasteiger partial charge in [0.15, 0.2) is 0 Å². The second kappa shape index (κ2) is 5.56. The molecule has 0 bridgehead atoms. The highest BCUT2D eigenvalue weighted by molar-refractivity contribution is 5.78. The topological polar surface area (TPSA) is 56.3 Å². The van der Waals surface area contributed by atoms with E-state index in [1.807, 2.05) is 42.5 Å². The number of H-pyrrole nitrogens is 1. The number of hydrogen-bond acceptors (Lipinski definition) is 3. The molecule has 0 spiro atoms. The van der Waals surface area contributed by atoms with Crippen molar-refractivity contribution in [3.05, 3.63) is 75.6 Å². The van der Waals surface area contributed by atoms with Crippen LogP contribution in [0, 0.1) is 0 Å². The Morgan fingerprint density at radius 1 is 1.13 bits per heavy atom. The molecule has 0 saturated heterocycles. The van der Waals surface area contributed by atoms with Crippen LogP contribution in [0.4, 0.5) is 5.69 Å². The van der Waals surface area contributed by atoms with Crippen LogP contribution in [0.25, 0.3) is 10.9 Å². The highest BCUT2D eigenvalue weighted by Crippen LogP contribution is 2.30. The van der Waals surface area contributed by atoms with Gasteiger partial charge in [-0.15, -0.1) is 0 Å². The molecule has 0 unspecified atom stereocenters. The third-order valence-corrected chi connectivity index (χ3v) is 4.52. The fourth-order valence-electron chi connectivity index (χ4n) is 3.27. The molecule has 116 valence electrons. The van der Waals surface area contributed by atoms with Crippen molar-refractivity contribution >= 4 is 16.6 Å². The standard InChI is InChI=1S/C19H18N2O2/c22-12-13-5-6-14-7-8-21(18(14)9-13)11-16-10-15-3-1-2-4-17(15)20-19(16)23/h1-6,9-10,22H,7-8,11-12H2,(H,20,23). The van der Waals surface area contributed by atoms with Crippen molar-refractivity contribution in [2.45, 2.75) is 19.6 Å². The molecule has 0 amide bonds. The van der Waals surface area contributed by atoms with Crippen LogP contribution in [0.2, 0.25) is 0 Å². The number of pyridine rings is 1. The van der Waals surface area contributed by atoms with E-state index in [2.05, 4.69) is 16.0 Å². The quantitative estimate of drug-likeness (QED) is 0.782. The molecular weight excluding hydrogens is 288 g/mol. The van der Waals surface area contributed by atoms with Crippen LogP contribution in [0.15, 0.2) is 53.3 Å². The first-order chi connectivity index (χ1) is 11.2. The third-order valence-electron chi connectivity index (χ3n) is 4.52. The van der Waals surface area contributed by atoms with Crippen LogP contribution in [-0.2, 0) is 19.6 Å². The average molecular weight is 306 g/mol. The Labute approximate surface area is 134 Å². The zero-order valence-electron chi connectivity index (χ0n) is 12.7. The fraction of sp³-hybridized carbons (Fsp3) is 0.211. The van der Waals surface area contributed by atoms with Crippen molar-refractivity contribution in [3.63, 3.8) is 0 Å². The molecule has 2 heterocycles. The van der Waals surface area contributed by atoms with Crippen molar-refractivity contribution < 1.29 is 5.11 Å². The smallest absolute Gasteiger partial charge is 0.253 e. The van der Waals surface area contributed by atoms with Crippen LogP contribution in [0.1, 0.15) is 16.7 Å². The Balaban J connectivity index is 1.70. The Hall–Kier alpha value is -2.59. The lowest BCUT2D eigenvalue weighted by Gasteiger charge is -2.19. The Bertz CT molecular complexity index is 930. The third kappa shape index (κ3) is 2.51. The summed E-state index contributed by atoms with van der Waals surface area (Å²) in [6.45, 7) is 1.52. The number of aromatic amines is 1. The van der Waals surface area contributed by atoms with Gasteiger partial charge in [0.25, 0.3) is 5.56 Å². The number of nitrogens with zero attached hydrogens (tertiary/aromatic N) is 1. The van der Waals surface area contributed by atoms with E-state index in [9.17, 15) is 9.90 Å². The molecule has 1 aliphatic rings. The predicted octanol–water partition coefficient (Wildman–Crippen LogP) is 2.58. The number of aromatic nitrogens is 1. The lowest BCUT2D eigenvalue weighted by atomic mass is 10.1. The van der Waals surface area contributed by atoms with Gasteiger partial charge in [0.1, 0.15) is 0 Å². The lowest BCUT2D eigenvalue weighted by molar-refractivity contribution is 0.282. The summed E-state index contributed by atoms with van der Waals surface area (Å²) in [5.41, 5.74) is 4.92. The first-order valence-electron chi connectivity index (χ1n) is 7.83. The number of aliphatic hydroxyl groups excluding tert-OH is 1. The average Bonchev–Trinajstić information content (AvgIpc) is 2.97. The summed E-state index contributed by atoms with van der Waals surface area (Å²) in [6.07, 6.45) is 0.979. The highest BCUT2D eigenvalue weighted by atomic mass is 16.3. The van der Waals surface area contributed by atoms with Crippen LogP contribution in [0.3, 0.4) is 0 Å². The Kier molecular flexibility index (Phi) is 3.39. The summed E-state index contributed by atoms with van der Waals surface area (Å²) < 4.78 is 0. The minimum Gasteiger partial charge on any atom is -0.392 e. The van der Waals surface area contributed by atoms with Crippen LogP contribution < -0.4 is 10.5 Å². The molecule has 0 radical (unpaired) electrons. The minimum absolute atomic E-state index is 0.0320. The second-order valence-electron chi connectivity index (χ2n) is 6.00. The summed E-state index contributed by atoms with van der Waals surface area (Å²) in [5.74, 6) is 0. The van der Waals surface area contributed by atoms with E-state index in [1.165, 1.54) is 5.56 Å². The summed E-state index contributed by atoms with van der Waals surface area (Å²) in [4.78, 5) is 17.5. The Morgan fingerprint density at radius 2 is 2.00 bits per heavy atom. The lowest BCUT2D eigenvalue weighted by Crippen LogP contribution is -2.25. The SMILES string of the molecule is O=c1[nH]c2ccccc2cc1CN1CCc2ccc(CO)cc21. The van der Waals surface area contributed by atoms with Gasteiger partial charge in [0.2, 0.25) is 0 Å². The molecule has 2 N–H and O–H groups in total. The number of fused-ring (bicyclic) bond motifs is 2. The first-order valence-corrected chi connectivity index (χ1v) is 7.83. The van der Waals surface area contributed by atoms with E-state index in [0.717, 1.165) is 40.7 Å². The maximum absolute atomic E-state index is 12.3. The van der Waals surface area contributed by atoms with Crippen molar-refractivity contribution in [2.24, 2.45) is 0 Å². The largest absolute Gasteiger partial charge is 0.392 e. The van der Waals surface area contributed by atoms with Crippen LogP contribution >= 0.6 is 0 Å². The molecule has 23 heavy (non-hydrogen) atoms. The molecule has 4 nitrogen and oxygen atoms in total. The van der Waals surface area contributed by atoms with E-state index in [4.69, 9.17) is 0 Å². The molecule has 0 fully saturated rings. The van der Waals surface area contributed by atoms with Crippen molar-refractivity contribution in [2.75, 3.05) is 11.4 Å². The molecule has 3 aromatic rings. The van der Waals surface area contributed by atoms with Crippen molar-refractivity contribution in [1.82, 2.24) is 4.98 Å². The monoisotopic (exact) mass is 306 g/mol. The van der Waals surface area contributed by atoms with E-state index in [0.29, 0.717) is 6.54 Å². The molecule has 0 atom stereocenters. The van der Waals surface area contributed by atoms with Gasteiger partial charge in [0, 0.05) is 29.9 Å². The summed E-state index contributed by atoms with van der Waals surface area (Å²) in [5, 5.41) is 10.4. The van der Waals surface area contributed by atoms with Gasteiger partial charge in [-0.05, 0) is 41.1 Å². The zero-order chi connectivity index (χ0) is 15.8. The van der Waals surface area contributed by atoms with Gasteiger partial charge in [-0.25, -0.2) is 0 Å². The van der Waals surface area contributed by atoms with Crippen LogP contribution in [-0.4, -0.2) is 16.6 Å². The van der Waals surface area contributed by atoms with E-state index in [1.54, 1.807) is 0 Å². The van der Waals surface area contributed by atoms with E-state index < -0.39 is 0 Å². The number of hydrogen-bond donors (Lipinski definition) is 2. The van der Waals surface area contributed by atoms with E-state index >= 15 is 0 Å². The number of aliphatic hydroxyl groups is 1. The van der Waals surface area contributed by atoms with Crippen LogP contribution in [0.5, 0.6) is 0 Å². The van der Waals surface area contributed by atoms with E-state index in [-0.39, 0.29) is 12.2 Å². The predicted molar refractivity (Wildman–Crippen MR) is 91.7 cm³/mol. The second-order valence-corrected chi connectivity index (χ2v) is 6.00. The summed E-state index contributed by atoms with van der Waals surface area (Å²) in [7, 11) is 0. The maximum atomic E-state index is 12.3. The van der Waals surface area contributed by atoms with Gasteiger partial charge in [-0.1, -0.05) is 30.3 Å². The van der Waals surface area contributed by atoms with Gasteiger partial charge >= 0.3 is 0 Å². The Morgan fingerprint density at radius 3 is 2.87 bits per heavy atom. The molecule has 2 aromatic carbocycles. The van der Waals surface area contributed by atoms with Crippen molar-refractivity contribution in [3.8, 4) is 0 Å². The molecule has 4 heteroatoms. The normalized spacial score (nSPS) is 13.5. The number of benzene rings is 2. The van der Waals surface area contributed by atoms with Gasteiger partial charge in [-0.2, -0.15) is 0 Å². The van der Waals surface area contributed by atoms with Crippen molar-refractivity contribution in [1.29, 1.82) is 0 Å². The van der Waals surface area contributed by atoms with Gasteiger partial charge in [0.05, 0.1) is 6.61 Å². The minimum atomic E-state index is -0.0320.